The molecule has 2 atom stereocenters. The first-order valence-electron chi connectivity index (χ1n) is 8.54. The van der Waals surface area contributed by atoms with Gasteiger partial charge in [-0.2, -0.15) is 5.26 Å². The molecular formula is C21H21FN2O. The third kappa shape index (κ3) is 3.88. The summed E-state index contributed by atoms with van der Waals surface area (Å²) in [6, 6.07) is 16.0. The summed E-state index contributed by atoms with van der Waals surface area (Å²) in [5, 5.41) is 8.88. The third-order valence-electron chi connectivity index (χ3n) is 4.75. The van der Waals surface area contributed by atoms with Gasteiger partial charge in [-0.15, -0.1) is 0 Å². The molecule has 1 amide bonds. The van der Waals surface area contributed by atoms with Gasteiger partial charge < -0.3 is 4.90 Å². The number of rotatable bonds is 5. The Kier molecular flexibility index (Phi) is 4.85. The van der Waals surface area contributed by atoms with E-state index in [0.717, 1.165) is 17.5 Å². The molecule has 0 spiro atoms. The van der Waals surface area contributed by atoms with E-state index in [0.29, 0.717) is 12.1 Å². The lowest BCUT2D eigenvalue weighted by atomic mass is 10.1. The number of carbonyl (C=O) groups is 1. The SMILES string of the molecule is CC(C)N(Cc1ccc(C#N)cc1)C(=O)C1CC1c1ccc(F)cc1. The van der Waals surface area contributed by atoms with Crippen molar-refractivity contribution in [3.05, 3.63) is 71.0 Å². The molecule has 2 unspecified atom stereocenters. The van der Waals surface area contributed by atoms with Crippen molar-refractivity contribution in [1.29, 1.82) is 5.26 Å². The zero-order valence-corrected chi connectivity index (χ0v) is 14.4. The van der Waals surface area contributed by atoms with Gasteiger partial charge in [0.15, 0.2) is 0 Å². The van der Waals surface area contributed by atoms with E-state index in [2.05, 4.69) is 6.07 Å². The normalized spacial score (nSPS) is 18.7. The van der Waals surface area contributed by atoms with Crippen molar-refractivity contribution < 1.29 is 9.18 Å². The molecular weight excluding hydrogens is 315 g/mol. The lowest BCUT2D eigenvalue weighted by Crippen LogP contribution is -2.37. The van der Waals surface area contributed by atoms with Crippen molar-refractivity contribution in [2.75, 3.05) is 0 Å². The summed E-state index contributed by atoms with van der Waals surface area (Å²) < 4.78 is 13.1. The van der Waals surface area contributed by atoms with Gasteiger partial charge in [0.1, 0.15) is 5.82 Å². The van der Waals surface area contributed by atoms with Crippen LogP contribution in [0, 0.1) is 23.1 Å². The van der Waals surface area contributed by atoms with Crippen LogP contribution in [0.15, 0.2) is 48.5 Å². The maximum atomic E-state index is 13.1. The molecule has 0 saturated heterocycles. The number of nitriles is 1. The number of hydrogen-bond acceptors (Lipinski definition) is 2. The topological polar surface area (TPSA) is 44.1 Å². The maximum Gasteiger partial charge on any atom is 0.226 e. The molecule has 0 aliphatic heterocycles. The van der Waals surface area contributed by atoms with Gasteiger partial charge >= 0.3 is 0 Å². The molecule has 3 nitrogen and oxygen atoms in total. The van der Waals surface area contributed by atoms with Crippen LogP contribution in [0.2, 0.25) is 0 Å². The summed E-state index contributed by atoms with van der Waals surface area (Å²) in [5.74, 6) is 0.0622. The highest BCUT2D eigenvalue weighted by Gasteiger charge is 2.46. The Balaban J connectivity index is 1.69. The molecule has 1 saturated carbocycles. The van der Waals surface area contributed by atoms with Gasteiger partial charge in [-0.1, -0.05) is 24.3 Å². The predicted octanol–water partition coefficient (Wildman–Crippen LogP) is 4.24. The Bertz CT molecular complexity index is 790. The Morgan fingerprint density at radius 2 is 1.84 bits per heavy atom. The highest BCUT2D eigenvalue weighted by Crippen LogP contribution is 2.48. The standard InChI is InChI=1S/C21H21FN2O/c1-14(2)24(13-16-5-3-15(12-23)4-6-16)21(25)20-11-19(20)17-7-9-18(22)10-8-17/h3-10,14,19-20H,11,13H2,1-2H3. The first-order chi connectivity index (χ1) is 12.0. The number of halogens is 1. The fraction of sp³-hybridized carbons (Fsp3) is 0.333. The molecule has 128 valence electrons. The molecule has 0 N–H and O–H groups in total. The number of carbonyl (C=O) groups excluding carboxylic acids is 1. The van der Waals surface area contributed by atoms with E-state index in [9.17, 15) is 9.18 Å². The first-order valence-corrected chi connectivity index (χ1v) is 8.54. The van der Waals surface area contributed by atoms with Crippen molar-refractivity contribution in [3.63, 3.8) is 0 Å². The first kappa shape index (κ1) is 17.2. The van der Waals surface area contributed by atoms with Crippen LogP contribution in [0.5, 0.6) is 0 Å². The molecule has 0 bridgehead atoms. The minimum Gasteiger partial charge on any atom is -0.336 e. The van der Waals surface area contributed by atoms with Crippen LogP contribution < -0.4 is 0 Å². The summed E-state index contributed by atoms with van der Waals surface area (Å²) >= 11 is 0. The molecule has 2 aromatic carbocycles. The van der Waals surface area contributed by atoms with Crippen LogP contribution >= 0.6 is 0 Å². The monoisotopic (exact) mass is 336 g/mol. The van der Waals surface area contributed by atoms with Gasteiger partial charge in [0, 0.05) is 18.5 Å². The van der Waals surface area contributed by atoms with Crippen LogP contribution in [0.25, 0.3) is 0 Å². The maximum absolute atomic E-state index is 13.1. The van der Waals surface area contributed by atoms with Crippen molar-refractivity contribution in [2.24, 2.45) is 5.92 Å². The third-order valence-corrected chi connectivity index (χ3v) is 4.75. The Labute approximate surface area is 147 Å². The molecule has 0 radical (unpaired) electrons. The average Bonchev–Trinajstić information content (AvgIpc) is 3.41. The summed E-state index contributed by atoms with van der Waals surface area (Å²) in [6.45, 7) is 4.56. The summed E-state index contributed by atoms with van der Waals surface area (Å²) in [4.78, 5) is 14.8. The van der Waals surface area contributed by atoms with Crippen molar-refractivity contribution >= 4 is 5.91 Å². The Morgan fingerprint density at radius 1 is 1.20 bits per heavy atom. The van der Waals surface area contributed by atoms with E-state index in [1.54, 1.807) is 24.3 Å². The van der Waals surface area contributed by atoms with Crippen LogP contribution in [0.3, 0.4) is 0 Å². The number of benzene rings is 2. The number of nitrogens with zero attached hydrogens (tertiary/aromatic N) is 2. The average molecular weight is 336 g/mol. The zero-order valence-electron chi connectivity index (χ0n) is 14.4. The van der Waals surface area contributed by atoms with Gasteiger partial charge in [0.25, 0.3) is 0 Å². The number of amides is 1. The van der Waals surface area contributed by atoms with Gasteiger partial charge in [0.05, 0.1) is 11.6 Å². The molecule has 4 heteroatoms. The fourth-order valence-corrected chi connectivity index (χ4v) is 3.16. The second kappa shape index (κ2) is 7.06. The number of hydrogen-bond donors (Lipinski definition) is 0. The molecule has 1 aliphatic rings. The van der Waals surface area contributed by atoms with Crippen LogP contribution in [-0.2, 0) is 11.3 Å². The van der Waals surface area contributed by atoms with Crippen LogP contribution in [-0.4, -0.2) is 16.8 Å². The van der Waals surface area contributed by atoms with E-state index < -0.39 is 0 Å². The molecule has 3 rings (SSSR count). The molecule has 1 aliphatic carbocycles. The van der Waals surface area contributed by atoms with E-state index in [4.69, 9.17) is 5.26 Å². The van der Waals surface area contributed by atoms with E-state index in [-0.39, 0.29) is 29.6 Å². The van der Waals surface area contributed by atoms with Crippen LogP contribution in [0.4, 0.5) is 4.39 Å². The minimum absolute atomic E-state index is 0.0220. The van der Waals surface area contributed by atoms with Crippen molar-refractivity contribution in [3.8, 4) is 6.07 Å². The lowest BCUT2D eigenvalue weighted by Gasteiger charge is -2.27. The highest BCUT2D eigenvalue weighted by atomic mass is 19.1. The van der Waals surface area contributed by atoms with Gasteiger partial charge in [-0.25, -0.2) is 4.39 Å². The van der Waals surface area contributed by atoms with Gasteiger partial charge in [0.2, 0.25) is 5.91 Å². The second-order valence-corrected chi connectivity index (χ2v) is 6.87. The molecule has 25 heavy (non-hydrogen) atoms. The van der Waals surface area contributed by atoms with Gasteiger partial charge in [-0.05, 0) is 61.6 Å². The fourth-order valence-electron chi connectivity index (χ4n) is 3.16. The van der Waals surface area contributed by atoms with E-state index in [1.807, 2.05) is 30.9 Å². The predicted molar refractivity (Wildman–Crippen MR) is 94.1 cm³/mol. The Morgan fingerprint density at radius 3 is 2.40 bits per heavy atom. The zero-order chi connectivity index (χ0) is 18.0. The van der Waals surface area contributed by atoms with Crippen LogP contribution in [0.1, 0.15) is 42.9 Å². The summed E-state index contributed by atoms with van der Waals surface area (Å²) in [5.41, 5.74) is 2.66. The highest BCUT2D eigenvalue weighted by molar-refractivity contribution is 5.83. The van der Waals surface area contributed by atoms with Crippen molar-refractivity contribution in [2.45, 2.75) is 38.8 Å². The Hall–Kier alpha value is -2.67. The molecule has 1 fully saturated rings. The van der Waals surface area contributed by atoms with Crippen molar-refractivity contribution in [1.82, 2.24) is 4.90 Å². The molecule has 2 aromatic rings. The summed E-state index contributed by atoms with van der Waals surface area (Å²) in [7, 11) is 0. The largest absolute Gasteiger partial charge is 0.336 e. The lowest BCUT2D eigenvalue weighted by molar-refractivity contribution is -0.135. The smallest absolute Gasteiger partial charge is 0.226 e. The molecule has 0 heterocycles. The van der Waals surface area contributed by atoms with Gasteiger partial charge in [-0.3, -0.25) is 4.79 Å². The quantitative estimate of drug-likeness (QED) is 0.820. The second-order valence-electron chi connectivity index (χ2n) is 6.87. The van der Waals surface area contributed by atoms with E-state index >= 15 is 0 Å². The minimum atomic E-state index is -0.253. The van der Waals surface area contributed by atoms with E-state index in [1.165, 1.54) is 12.1 Å². The molecule has 0 aromatic heterocycles. The summed E-state index contributed by atoms with van der Waals surface area (Å²) in [6.07, 6.45) is 0.820.